The molecule has 1 fully saturated rings. The molecule has 1 N–H and O–H groups in total. The number of hydrogen-bond donors (Lipinski definition) is 1. The van der Waals surface area contributed by atoms with Crippen LogP contribution < -0.4 is 5.32 Å². The van der Waals surface area contributed by atoms with Crippen molar-refractivity contribution in [2.24, 2.45) is 0 Å². The van der Waals surface area contributed by atoms with Gasteiger partial charge in [0.25, 0.3) is 5.91 Å². The number of hydrogen-bond acceptors (Lipinski definition) is 2. The number of rotatable bonds is 5. The molecule has 1 heterocycles. The highest BCUT2D eigenvalue weighted by atomic mass is 16.1. The van der Waals surface area contributed by atoms with E-state index in [9.17, 15) is 4.79 Å². The summed E-state index contributed by atoms with van der Waals surface area (Å²) in [7, 11) is 0. The van der Waals surface area contributed by atoms with E-state index in [0.717, 1.165) is 24.2 Å². The van der Waals surface area contributed by atoms with Crippen LogP contribution in [0.5, 0.6) is 0 Å². The average Bonchev–Trinajstić information content (AvgIpc) is 2.91. The Morgan fingerprint density at radius 3 is 2.12 bits per heavy atom. The van der Waals surface area contributed by atoms with Gasteiger partial charge < -0.3 is 10.2 Å². The molecule has 1 saturated heterocycles. The highest BCUT2D eigenvalue weighted by Gasteiger charge is 2.10. The molecule has 0 radical (unpaired) electrons. The van der Waals surface area contributed by atoms with E-state index in [2.05, 4.69) is 22.3 Å². The molecule has 3 heteroatoms. The van der Waals surface area contributed by atoms with E-state index in [4.69, 9.17) is 0 Å². The van der Waals surface area contributed by atoms with Gasteiger partial charge in [-0.3, -0.25) is 4.79 Å². The minimum absolute atomic E-state index is 0.0180. The van der Waals surface area contributed by atoms with Crippen molar-refractivity contribution in [3.8, 4) is 11.1 Å². The summed E-state index contributed by atoms with van der Waals surface area (Å²) in [6, 6.07) is 18.1. The van der Waals surface area contributed by atoms with E-state index < -0.39 is 0 Å². The van der Waals surface area contributed by atoms with E-state index in [1.807, 2.05) is 42.5 Å². The normalized spacial score (nSPS) is 15.7. The fourth-order valence-electron chi connectivity index (χ4n) is 3.23. The van der Waals surface area contributed by atoms with Crippen LogP contribution in [-0.2, 0) is 0 Å². The summed E-state index contributed by atoms with van der Waals surface area (Å²) < 4.78 is 0. The van der Waals surface area contributed by atoms with E-state index in [0.29, 0.717) is 0 Å². The second-order valence-electron chi connectivity index (χ2n) is 6.46. The summed E-state index contributed by atoms with van der Waals surface area (Å²) in [5.74, 6) is 0.0180. The van der Waals surface area contributed by atoms with Crippen LogP contribution in [-0.4, -0.2) is 37.0 Å². The third-order valence-corrected chi connectivity index (χ3v) is 4.67. The third-order valence-electron chi connectivity index (χ3n) is 4.67. The quantitative estimate of drug-likeness (QED) is 0.903. The summed E-state index contributed by atoms with van der Waals surface area (Å²) >= 11 is 0. The molecule has 0 aromatic heterocycles. The van der Waals surface area contributed by atoms with Crippen molar-refractivity contribution in [1.29, 1.82) is 0 Å². The largest absolute Gasteiger partial charge is 0.351 e. The third kappa shape index (κ3) is 4.68. The van der Waals surface area contributed by atoms with Crippen molar-refractivity contribution >= 4 is 5.91 Å². The first-order valence-corrected chi connectivity index (χ1v) is 8.99. The topological polar surface area (TPSA) is 32.3 Å². The Labute approximate surface area is 144 Å². The van der Waals surface area contributed by atoms with E-state index in [-0.39, 0.29) is 5.91 Å². The second kappa shape index (κ2) is 8.65. The summed E-state index contributed by atoms with van der Waals surface area (Å²) in [5, 5.41) is 3.05. The smallest absolute Gasteiger partial charge is 0.251 e. The number of nitrogens with one attached hydrogen (secondary N) is 1. The van der Waals surface area contributed by atoms with Crippen LogP contribution in [0.2, 0.25) is 0 Å². The Morgan fingerprint density at radius 2 is 1.46 bits per heavy atom. The minimum atomic E-state index is 0.0180. The lowest BCUT2D eigenvalue weighted by Gasteiger charge is -2.19. The Morgan fingerprint density at radius 1 is 0.833 bits per heavy atom. The molecule has 0 unspecified atom stereocenters. The monoisotopic (exact) mass is 322 g/mol. The first-order chi connectivity index (χ1) is 11.8. The molecule has 0 aliphatic carbocycles. The average molecular weight is 322 g/mol. The van der Waals surface area contributed by atoms with Crippen LogP contribution in [0, 0.1) is 0 Å². The van der Waals surface area contributed by atoms with Gasteiger partial charge in [0.1, 0.15) is 0 Å². The molecule has 0 saturated carbocycles. The Bertz CT molecular complexity index is 629. The predicted octanol–water partition coefficient (Wildman–Crippen LogP) is 3.96. The fraction of sp³-hybridized carbons (Fsp3) is 0.381. The molecule has 0 bridgehead atoms. The highest BCUT2D eigenvalue weighted by Crippen LogP contribution is 2.19. The van der Waals surface area contributed by atoms with Crippen LogP contribution in [0.1, 0.15) is 36.0 Å². The number of carbonyl (C=O) groups is 1. The lowest BCUT2D eigenvalue weighted by molar-refractivity contribution is 0.0948. The molecule has 1 amide bonds. The molecule has 0 atom stereocenters. The molecule has 0 spiro atoms. The summed E-state index contributed by atoms with van der Waals surface area (Å²) in [5.41, 5.74) is 3.04. The molecule has 126 valence electrons. The van der Waals surface area contributed by atoms with E-state index >= 15 is 0 Å². The van der Waals surface area contributed by atoms with Crippen LogP contribution >= 0.6 is 0 Å². The van der Waals surface area contributed by atoms with Crippen LogP contribution in [0.3, 0.4) is 0 Å². The van der Waals surface area contributed by atoms with Crippen molar-refractivity contribution in [3.63, 3.8) is 0 Å². The standard InChI is InChI=1S/C21H26N2O/c24-21(22-14-17-23-15-6-1-2-7-16-23)20-12-10-19(11-13-20)18-8-4-3-5-9-18/h3-5,8-13H,1-2,6-7,14-17H2,(H,22,24). The first kappa shape index (κ1) is 16.7. The lowest BCUT2D eigenvalue weighted by atomic mass is 10.0. The fourth-order valence-corrected chi connectivity index (χ4v) is 3.23. The summed E-state index contributed by atoms with van der Waals surface area (Å²) in [6.45, 7) is 4.01. The molecule has 1 aliphatic rings. The zero-order valence-electron chi connectivity index (χ0n) is 14.2. The van der Waals surface area contributed by atoms with E-state index in [1.165, 1.54) is 44.3 Å². The Kier molecular flexibility index (Phi) is 6.02. The molecule has 1 aliphatic heterocycles. The molecule has 3 nitrogen and oxygen atoms in total. The molecule has 3 rings (SSSR count). The number of likely N-dealkylation sites (tertiary alicyclic amines) is 1. The predicted molar refractivity (Wildman–Crippen MR) is 99.1 cm³/mol. The second-order valence-corrected chi connectivity index (χ2v) is 6.46. The minimum Gasteiger partial charge on any atom is -0.351 e. The Hall–Kier alpha value is -2.13. The van der Waals surface area contributed by atoms with Crippen LogP contribution in [0.4, 0.5) is 0 Å². The van der Waals surface area contributed by atoms with Gasteiger partial charge in [0.2, 0.25) is 0 Å². The van der Waals surface area contributed by atoms with Gasteiger partial charge in [0, 0.05) is 18.7 Å². The summed E-state index contributed by atoms with van der Waals surface area (Å²) in [6.07, 6.45) is 5.26. The van der Waals surface area contributed by atoms with Gasteiger partial charge in [-0.15, -0.1) is 0 Å². The number of amides is 1. The molecule has 2 aromatic carbocycles. The zero-order valence-corrected chi connectivity index (χ0v) is 14.2. The van der Waals surface area contributed by atoms with Crippen LogP contribution in [0.25, 0.3) is 11.1 Å². The van der Waals surface area contributed by atoms with Crippen molar-refractivity contribution in [1.82, 2.24) is 10.2 Å². The van der Waals surface area contributed by atoms with Crippen molar-refractivity contribution < 1.29 is 4.79 Å². The molecule has 24 heavy (non-hydrogen) atoms. The van der Waals surface area contributed by atoms with Crippen molar-refractivity contribution in [2.45, 2.75) is 25.7 Å². The SMILES string of the molecule is O=C(NCCN1CCCCCC1)c1ccc(-c2ccccc2)cc1. The lowest BCUT2D eigenvalue weighted by Crippen LogP contribution is -2.35. The van der Waals surface area contributed by atoms with Crippen LogP contribution in [0.15, 0.2) is 54.6 Å². The van der Waals surface area contributed by atoms with Gasteiger partial charge in [-0.05, 0) is 49.2 Å². The van der Waals surface area contributed by atoms with E-state index in [1.54, 1.807) is 0 Å². The maximum Gasteiger partial charge on any atom is 0.251 e. The van der Waals surface area contributed by atoms with Gasteiger partial charge in [-0.1, -0.05) is 55.3 Å². The maximum absolute atomic E-state index is 12.3. The van der Waals surface area contributed by atoms with Crippen molar-refractivity contribution in [3.05, 3.63) is 60.2 Å². The van der Waals surface area contributed by atoms with Gasteiger partial charge in [-0.25, -0.2) is 0 Å². The zero-order chi connectivity index (χ0) is 16.6. The number of nitrogens with zero attached hydrogens (tertiary/aromatic N) is 1. The maximum atomic E-state index is 12.3. The van der Waals surface area contributed by atoms with Gasteiger partial charge in [-0.2, -0.15) is 0 Å². The van der Waals surface area contributed by atoms with Gasteiger partial charge in [0.15, 0.2) is 0 Å². The molecule has 2 aromatic rings. The molecular weight excluding hydrogens is 296 g/mol. The number of carbonyl (C=O) groups excluding carboxylic acids is 1. The highest BCUT2D eigenvalue weighted by molar-refractivity contribution is 5.94. The molecular formula is C21H26N2O. The first-order valence-electron chi connectivity index (χ1n) is 8.99. The van der Waals surface area contributed by atoms with Gasteiger partial charge >= 0.3 is 0 Å². The van der Waals surface area contributed by atoms with Gasteiger partial charge in [0.05, 0.1) is 0 Å². The Balaban J connectivity index is 1.50. The number of benzene rings is 2. The van der Waals surface area contributed by atoms with Crippen molar-refractivity contribution in [2.75, 3.05) is 26.2 Å². The summed E-state index contributed by atoms with van der Waals surface area (Å²) in [4.78, 5) is 14.7.